The number of benzene rings is 1. The van der Waals surface area contributed by atoms with Gasteiger partial charge in [0.15, 0.2) is 0 Å². The highest BCUT2D eigenvalue weighted by Gasteiger charge is 2.29. The molecule has 2 aromatic rings. The number of halogens is 3. The molecule has 7 heteroatoms. The first-order valence-corrected chi connectivity index (χ1v) is 5.88. The summed E-state index contributed by atoms with van der Waals surface area (Å²) in [4.78, 5) is 8.19. The Hall–Kier alpha value is -2.15. The molecular formula is C13H13F3N4. The van der Waals surface area contributed by atoms with Crippen LogP contribution in [0.1, 0.15) is 24.2 Å². The fraction of sp³-hybridized carbons (Fsp3) is 0.231. The fourth-order valence-electron chi connectivity index (χ4n) is 1.53. The summed E-state index contributed by atoms with van der Waals surface area (Å²) >= 11 is 0. The van der Waals surface area contributed by atoms with Crippen molar-refractivity contribution >= 4 is 11.5 Å². The molecule has 1 aromatic heterocycles. The van der Waals surface area contributed by atoms with Crippen LogP contribution in [0.2, 0.25) is 0 Å². The maximum atomic E-state index is 12.4. The van der Waals surface area contributed by atoms with Crippen molar-refractivity contribution in [1.82, 2.24) is 9.97 Å². The fourth-order valence-corrected chi connectivity index (χ4v) is 1.53. The largest absolute Gasteiger partial charge is 0.416 e. The molecule has 3 N–H and O–H groups in total. The van der Waals surface area contributed by atoms with E-state index >= 15 is 0 Å². The molecule has 1 unspecified atom stereocenters. The Bertz CT molecular complexity index is 562. The summed E-state index contributed by atoms with van der Waals surface area (Å²) in [5.41, 5.74) is 6.09. The van der Waals surface area contributed by atoms with Gasteiger partial charge in [-0.25, -0.2) is 4.98 Å². The number of alkyl halides is 3. The van der Waals surface area contributed by atoms with Gasteiger partial charge >= 0.3 is 6.18 Å². The highest BCUT2D eigenvalue weighted by molar-refractivity contribution is 5.55. The van der Waals surface area contributed by atoms with Crippen LogP contribution in [0.3, 0.4) is 0 Å². The highest BCUT2D eigenvalue weighted by Crippen LogP contribution is 2.30. The van der Waals surface area contributed by atoms with E-state index in [-0.39, 0.29) is 6.04 Å². The first-order valence-electron chi connectivity index (χ1n) is 5.88. The number of hydrogen-bond acceptors (Lipinski definition) is 4. The van der Waals surface area contributed by atoms with Crippen molar-refractivity contribution in [2.75, 3.05) is 5.32 Å². The Balaban J connectivity index is 2.10. The molecule has 0 bridgehead atoms. The van der Waals surface area contributed by atoms with Crippen molar-refractivity contribution in [3.63, 3.8) is 0 Å². The van der Waals surface area contributed by atoms with Gasteiger partial charge in [-0.2, -0.15) is 13.2 Å². The first kappa shape index (κ1) is 14.3. The molecule has 0 aliphatic carbocycles. The van der Waals surface area contributed by atoms with Gasteiger partial charge in [0.05, 0.1) is 23.7 Å². The summed E-state index contributed by atoms with van der Waals surface area (Å²) in [5, 5.41) is 2.87. The smallest absolute Gasteiger partial charge is 0.339 e. The summed E-state index contributed by atoms with van der Waals surface area (Å²) in [6.45, 7) is 1.78. The molecule has 0 radical (unpaired) electrons. The van der Waals surface area contributed by atoms with Crippen molar-refractivity contribution in [1.29, 1.82) is 0 Å². The number of anilines is 2. The van der Waals surface area contributed by atoms with Crippen molar-refractivity contribution in [2.24, 2.45) is 5.73 Å². The van der Waals surface area contributed by atoms with E-state index in [1.165, 1.54) is 24.5 Å². The topological polar surface area (TPSA) is 63.8 Å². The molecular weight excluding hydrogens is 269 g/mol. The quantitative estimate of drug-likeness (QED) is 0.907. The molecule has 2 rings (SSSR count). The van der Waals surface area contributed by atoms with Crippen LogP contribution < -0.4 is 11.1 Å². The summed E-state index contributed by atoms with van der Waals surface area (Å²) in [5.74, 6) is 0.439. The van der Waals surface area contributed by atoms with Crippen LogP contribution in [0, 0.1) is 0 Å². The van der Waals surface area contributed by atoms with Crippen LogP contribution in [-0.2, 0) is 6.18 Å². The lowest BCUT2D eigenvalue weighted by atomic mass is 10.2. The minimum atomic E-state index is -4.34. The third-order valence-electron chi connectivity index (χ3n) is 2.62. The number of nitrogens with one attached hydrogen (secondary N) is 1. The maximum Gasteiger partial charge on any atom is 0.416 e. The van der Waals surface area contributed by atoms with Gasteiger partial charge in [0.2, 0.25) is 0 Å². The van der Waals surface area contributed by atoms with Crippen molar-refractivity contribution < 1.29 is 13.2 Å². The van der Waals surface area contributed by atoms with Crippen molar-refractivity contribution in [2.45, 2.75) is 19.1 Å². The number of aromatic nitrogens is 2. The zero-order valence-corrected chi connectivity index (χ0v) is 10.6. The van der Waals surface area contributed by atoms with Gasteiger partial charge in [0.1, 0.15) is 5.82 Å². The summed E-state index contributed by atoms with van der Waals surface area (Å²) in [6.07, 6.45) is -1.33. The van der Waals surface area contributed by atoms with Crippen LogP contribution in [0.25, 0.3) is 0 Å². The van der Waals surface area contributed by atoms with Crippen LogP contribution in [0.15, 0.2) is 36.7 Å². The zero-order valence-electron chi connectivity index (χ0n) is 10.6. The Labute approximate surface area is 113 Å². The highest BCUT2D eigenvalue weighted by atomic mass is 19.4. The number of hydrogen-bond donors (Lipinski definition) is 2. The molecule has 20 heavy (non-hydrogen) atoms. The van der Waals surface area contributed by atoms with E-state index < -0.39 is 11.7 Å². The van der Waals surface area contributed by atoms with E-state index in [1.807, 2.05) is 0 Å². The molecule has 0 aliphatic rings. The van der Waals surface area contributed by atoms with Gasteiger partial charge in [0, 0.05) is 11.7 Å². The molecule has 0 saturated heterocycles. The molecule has 1 atom stereocenters. The number of rotatable bonds is 3. The second-order valence-corrected chi connectivity index (χ2v) is 4.32. The lowest BCUT2D eigenvalue weighted by Crippen LogP contribution is -2.08. The molecule has 4 nitrogen and oxygen atoms in total. The predicted octanol–water partition coefficient (Wildman–Crippen LogP) is 3.26. The van der Waals surface area contributed by atoms with E-state index in [0.29, 0.717) is 17.2 Å². The number of nitrogens with zero attached hydrogens (tertiary/aromatic N) is 2. The van der Waals surface area contributed by atoms with Crippen molar-refractivity contribution in [3.05, 3.63) is 47.9 Å². The lowest BCUT2D eigenvalue weighted by Gasteiger charge is -2.09. The van der Waals surface area contributed by atoms with Crippen LogP contribution in [-0.4, -0.2) is 9.97 Å². The average Bonchev–Trinajstić information content (AvgIpc) is 2.39. The Kier molecular flexibility index (Phi) is 3.89. The second kappa shape index (κ2) is 5.46. The summed E-state index contributed by atoms with van der Waals surface area (Å²) in [7, 11) is 0. The van der Waals surface area contributed by atoms with Crippen LogP contribution >= 0.6 is 0 Å². The molecule has 0 amide bonds. The van der Waals surface area contributed by atoms with Crippen LogP contribution in [0.5, 0.6) is 0 Å². The molecule has 106 valence electrons. The Morgan fingerprint density at radius 1 is 1.10 bits per heavy atom. The third kappa shape index (κ3) is 3.45. The van der Waals surface area contributed by atoms with E-state index in [0.717, 1.165) is 12.1 Å². The van der Waals surface area contributed by atoms with Gasteiger partial charge in [-0.05, 0) is 31.2 Å². The monoisotopic (exact) mass is 282 g/mol. The average molecular weight is 282 g/mol. The normalized spacial score (nSPS) is 13.1. The third-order valence-corrected chi connectivity index (χ3v) is 2.62. The molecule has 0 saturated carbocycles. The Morgan fingerprint density at radius 2 is 1.75 bits per heavy atom. The molecule has 1 aromatic carbocycles. The summed E-state index contributed by atoms with van der Waals surface area (Å²) < 4.78 is 37.2. The van der Waals surface area contributed by atoms with E-state index in [9.17, 15) is 13.2 Å². The standard InChI is InChI=1S/C13H13F3N4/c1-8(17)11-6-19-12(7-18-11)20-10-4-2-9(3-5-10)13(14,15)16/h2-8H,17H2,1H3,(H,19,20). The minimum Gasteiger partial charge on any atom is -0.339 e. The van der Waals surface area contributed by atoms with Gasteiger partial charge < -0.3 is 11.1 Å². The SMILES string of the molecule is CC(N)c1cnc(Nc2ccc(C(F)(F)F)cc2)cn1. The molecule has 0 fully saturated rings. The number of nitrogens with two attached hydrogens (primary N) is 1. The van der Waals surface area contributed by atoms with Crippen LogP contribution in [0.4, 0.5) is 24.7 Å². The van der Waals surface area contributed by atoms with E-state index in [4.69, 9.17) is 5.73 Å². The zero-order chi connectivity index (χ0) is 14.8. The second-order valence-electron chi connectivity index (χ2n) is 4.32. The predicted molar refractivity (Wildman–Crippen MR) is 69.4 cm³/mol. The molecule has 0 spiro atoms. The summed E-state index contributed by atoms with van der Waals surface area (Å²) in [6, 6.07) is 4.47. The van der Waals surface area contributed by atoms with Crippen molar-refractivity contribution in [3.8, 4) is 0 Å². The van der Waals surface area contributed by atoms with Gasteiger partial charge in [-0.3, -0.25) is 4.98 Å². The maximum absolute atomic E-state index is 12.4. The first-order chi connectivity index (χ1) is 9.36. The molecule has 0 aliphatic heterocycles. The lowest BCUT2D eigenvalue weighted by molar-refractivity contribution is -0.137. The van der Waals surface area contributed by atoms with Gasteiger partial charge in [-0.15, -0.1) is 0 Å². The minimum absolute atomic E-state index is 0.220. The van der Waals surface area contributed by atoms with E-state index in [2.05, 4.69) is 15.3 Å². The molecule has 1 heterocycles. The van der Waals surface area contributed by atoms with Gasteiger partial charge in [-0.1, -0.05) is 0 Å². The van der Waals surface area contributed by atoms with Gasteiger partial charge in [0.25, 0.3) is 0 Å². The van der Waals surface area contributed by atoms with E-state index in [1.54, 1.807) is 6.92 Å². The Morgan fingerprint density at radius 3 is 2.20 bits per heavy atom.